The topological polar surface area (TPSA) is 9.23 Å². The molecule has 0 aliphatic carbocycles. The van der Waals surface area contributed by atoms with E-state index in [1.54, 1.807) is 7.11 Å². The van der Waals surface area contributed by atoms with Gasteiger partial charge in [0.25, 0.3) is 0 Å². The quantitative estimate of drug-likeness (QED) is 0.533. The van der Waals surface area contributed by atoms with E-state index in [9.17, 15) is 0 Å². The standard InChI is InChI=1S/C6H16OP/c1-7-5-6-8(2,3)4/h5-6H2,1-4H3/q+1. The van der Waals surface area contributed by atoms with Crippen molar-refractivity contribution >= 4 is 7.26 Å². The van der Waals surface area contributed by atoms with Crippen LogP contribution in [0.4, 0.5) is 0 Å². The summed E-state index contributed by atoms with van der Waals surface area (Å²) in [7, 11) is 1.20. The van der Waals surface area contributed by atoms with Crippen molar-refractivity contribution in [2.45, 2.75) is 0 Å². The number of hydrogen-bond donors (Lipinski definition) is 0. The summed E-state index contributed by atoms with van der Waals surface area (Å²) in [5.74, 6) is 0. The molecular weight excluding hydrogens is 119 g/mol. The largest absolute Gasteiger partial charge is 0.381 e. The summed E-state index contributed by atoms with van der Waals surface area (Å²) in [5.41, 5.74) is 0. The van der Waals surface area contributed by atoms with Gasteiger partial charge in [-0.05, 0) is 0 Å². The summed E-state index contributed by atoms with van der Waals surface area (Å²) in [4.78, 5) is 0. The second-order valence-electron chi connectivity index (χ2n) is 3.01. The third kappa shape index (κ3) is 6.39. The Morgan fingerprint density at radius 1 is 1.25 bits per heavy atom. The fourth-order valence-electron chi connectivity index (χ4n) is 0.365. The fourth-order valence-corrected chi connectivity index (χ4v) is 1.10. The van der Waals surface area contributed by atoms with E-state index in [4.69, 9.17) is 4.74 Å². The highest BCUT2D eigenvalue weighted by molar-refractivity contribution is 7.73. The van der Waals surface area contributed by atoms with Crippen LogP contribution in [0.5, 0.6) is 0 Å². The molecule has 1 nitrogen and oxygen atoms in total. The third-order valence-corrected chi connectivity index (χ3v) is 2.49. The van der Waals surface area contributed by atoms with Gasteiger partial charge < -0.3 is 4.74 Å². The molecule has 0 heterocycles. The van der Waals surface area contributed by atoms with Gasteiger partial charge in [0.2, 0.25) is 0 Å². The molecule has 0 spiro atoms. The second kappa shape index (κ2) is 3.42. The monoisotopic (exact) mass is 135 g/mol. The van der Waals surface area contributed by atoms with Gasteiger partial charge in [0.1, 0.15) is 0 Å². The highest BCUT2D eigenvalue weighted by Crippen LogP contribution is 2.45. The summed E-state index contributed by atoms with van der Waals surface area (Å²) in [6.45, 7) is 7.90. The second-order valence-corrected chi connectivity index (χ2v) is 8.03. The Kier molecular flexibility index (Phi) is 3.59. The average molecular weight is 135 g/mol. The van der Waals surface area contributed by atoms with Crippen LogP contribution in [0.1, 0.15) is 0 Å². The number of hydrogen-bond acceptors (Lipinski definition) is 1. The van der Waals surface area contributed by atoms with Gasteiger partial charge in [0.15, 0.2) is 0 Å². The SMILES string of the molecule is COCC[P+](C)(C)C. The van der Waals surface area contributed by atoms with Crippen LogP contribution >= 0.6 is 7.26 Å². The molecular formula is C6H16OP+. The molecule has 0 saturated heterocycles. The van der Waals surface area contributed by atoms with Crippen LogP contribution in [0.25, 0.3) is 0 Å². The average Bonchev–Trinajstić information content (AvgIpc) is 1.59. The predicted octanol–water partition coefficient (Wildman–Crippen LogP) is 1.54. The first-order valence-corrected chi connectivity index (χ1v) is 6.17. The third-order valence-electron chi connectivity index (χ3n) is 0.966. The molecule has 0 amide bonds. The lowest BCUT2D eigenvalue weighted by Gasteiger charge is -2.09. The van der Waals surface area contributed by atoms with Gasteiger partial charge in [-0.15, -0.1) is 0 Å². The van der Waals surface area contributed by atoms with Crippen LogP contribution in [0.2, 0.25) is 0 Å². The zero-order chi connectivity index (χ0) is 6.62. The molecule has 0 atom stereocenters. The van der Waals surface area contributed by atoms with Gasteiger partial charge in [-0.25, -0.2) is 0 Å². The summed E-state index contributed by atoms with van der Waals surface area (Å²) in [6, 6.07) is 0. The molecule has 0 N–H and O–H groups in total. The Bertz CT molecular complexity index is 56.0. The van der Waals surface area contributed by atoms with Crippen molar-refractivity contribution in [1.29, 1.82) is 0 Å². The van der Waals surface area contributed by atoms with Gasteiger partial charge >= 0.3 is 0 Å². The fraction of sp³-hybridized carbons (Fsp3) is 1.00. The van der Waals surface area contributed by atoms with Crippen molar-refractivity contribution in [1.82, 2.24) is 0 Å². The molecule has 0 aliphatic heterocycles. The minimum absolute atomic E-state index is 0.557. The predicted molar refractivity (Wildman–Crippen MR) is 41.4 cm³/mol. The molecule has 0 aromatic heterocycles. The molecule has 0 aliphatic rings. The lowest BCUT2D eigenvalue weighted by molar-refractivity contribution is 0.217. The lowest BCUT2D eigenvalue weighted by Crippen LogP contribution is -1.99. The van der Waals surface area contributed by atoms with Crippen LogP contribution in [-0.4, -0.2) is 39.9 Å². The first-order chi connectivity index (χ1) is 3.56. The van der Waals surface area contributed by atoms with E-state index in [2.05, 4.69) is 20.0 Å². The van der Waals surface area contributed by atoms with Crippen molar-refractivity contribution in [2.24, 2.45) is 0 Å². The van der Waals surface area contributed by atoms with Crippen molar-refractivity contribution in [2.75, 3.05) is 39.9 Å². The summed E-state index contributed by atoms with van der Waals surface area (Å²) in [5, 5.41) is 0. The maximum Gasteiger partial charge on any atom is 0.0820 e. The van der Waals surface area contributed by atoms with Crippen molar-refractivity contribution in [3.63, 3.8) is 0 Å². The molecule has 0 unspecified atom stereocenters. The molecule has 0 fully saturated rings. The normalized spacial score (nSPS) is 12.0. The Morgan fingerprint density at radius 3 is 1.88 bits per heavy atom. The summed E-state index contributed by atoms with van der Waals surface area (Å²) < 4.78 is 4.95. The maximum absolute atomic E-state index is 4.95. The van der Waals surface area contributed by atoms with Gasteiger partial charge in [0, 0.05) is 34.4 Å². The molecule has 0 bridgehead atoms. The lowest BCUT2D eigenvalue weighted by atomic mass is 10.9. The van der Waals surface area contributed by atoms with E-state index in [0.717, 1.165) is 6.61 Å². The zero-order valence-corrected chi connectivity index (χ0v) is 7.16. The minimum Gasteiger partial charge on any atom is -0.381 e. The van der Waals surface area contributed by atoms with E-state index in [1.165, 1.54) is 6.16 Å². The molecule has 50 valence electrons. The van der Waals surface area contributed by atoms with Gasteiger partial charge in [-0.3, -0.25) is 0 Å². The Hall–Kier alpha value is 0.390. The molecule has 0 rings (SSSR count). The highest BCUT2D eigenvalue weighted by atomic mass is 31.2. The Labute approximate surface area is 52.8 Å². The molecule has 0 aromatic rings. The van der Waals surface area contributed by atoms with Gasteiger partial charge in [0.05, 0.1) is 12.8 Å². The van der Waals surface area contributed by atoms with E-state index >= 15 is 0 Å². The van der Waals surface area contributed by atoms with Gasteiger partial charge in [-0.2, -0.15) is 0 Å². The van der Waals surface area contributed by atoms with Crippen LogP contribution in [0.15, 0.2) is 0 Å². The van der Waals surface area contributed by atoms with Crippen LogP contribution in [0, 0.1) is 0 Å². The number of rotatable bonds is 3. The van der Waals surface area contributed by atoms with Crippen LogP contribution in [-0.2, 0) is 4.74 Å². The summed E-state index contributed by atoms with van der Waals surface area (Å²) >= 11 is 0. The van der Waals surface area contributed by atoms with Crippen molar-refractivity contribution < 1.29 is 4.74 Å². The molecule has 2 heteroatoms. The van der Waals surface area contributed by atoms with Gasteiger partial charge in [-0.1, -0.05) is 0 Å². The minimum atomic E-state index is -0.557. The van der Waals surface area contributed by atoms with Crippen LogP contribution < -0.4 is 0 Å². The summed E-state index contributed by atoms with van der Waals surface area (Å²) in [6.07, 6.45) is 1.25. The first-order valence-electron chi connectivity index (χ1n) is 2.85. The number of ether oxygens (including phenoxy) is 1. The van der Waals surface area contributed by atoms with E-state index < -0.39 is 7.26 Å². The van der Waals surface area contributed by atoms with E-state index in [1.807, 2.05) is 0 Å². The molecule has 0 radical (unpaired) electrons. The smallest absolute Gasteiger partial charge is 0.0820 e. The number of methoxy groups -OCH3 is 1. The van der Waals surface area contributed by atoms with Crippen molar-refractivity contribution in [3.8, 4) is 0 Å². The molecule has 0 aromatic carbocycles. The molecule has 8 heavy (non-hydrogen) atoms. The van der Waals surface area contributed by atoms with Crippen molar-refractivity contribution in [3.05, 3.63) is 0 Å². The van der Waals surface area contributed by atoms with E-state index in [0.29, 0.717) is 0 Å². The highest BCUT2D eigenvalue weighted by Gasteiger charge is 2.15. The maximum atomic E-state index is 4.95. The van der Waals surface area contributed by atoms with Crippen LogP contribution in [0.3, 0.4) is 0 Å². The molecule has 0 saturated carbocycles. The Morgan fingerprint density at radius 2 is 1.75 bits per heavy atom. The zero-order valence-electron chi connectivity index (χ0n) is 6.27. The Balaban J connectivity index is 3.11. The first kappa shape index (κ1) is 8.39. The van der Waals surface area contributed by atoms with E-state index in [-0.39, 0.29) is 0 Å².